The third-order valence-corrected chi connectivity index (χ3v) is 5.17. The zero-order valence-electron chi connectivity index (χ0n) is 17.7. The first kappa shape index (κ1) is 21.4. The number of hydrogen-bond acceptors (Lipinski definition) is 4. The van der Waals surface area contributed by atoms with Gasteiger partial charge in [0.15, 0.2) is 6.10 Å². The van der Waals surface area contributed by atoms with Gasteiger partial charge >= 0.3 is 6.03 Å². The van der Waals surface area contributed by atoms with Crippen LogP contribution < -0.4 is 10.1 Å². The molecule has 0 aromatic heterocycles. The average Bonchev–Trinajstić information content (AvgIpc) is 3.28. The Hall–Kier alpha value is -3.87. The summed E-state index contributed by atoms with van der Waals surface area (Å²) in [6.07, 6.45) is 0.150. The Labute approximate surface area is 186 Å². The minimum atomic E-state index is -0.333. The lowest BCUT2D eigenvalue weighted by molar-refractivity contribution is 0.0608. The summed E-state index contributed by atoms with van der Waals surface area (Å²) in [5, 5.41) is 7.06. The van der Waals surface area contributed by atoms with Crippen molar-refractivity contribution in [1.82, 2.24) is 4.90 Å². The predicted molar refractivity (Wildman–Crippen MR) is 121 cm³/mol. The standard InChI is InChI=1S/C25H24FN3O3/c1-31-24-13-6-5-12-22(24)27-25(30)29(16-18-8-3-2-4-9-18)17-21-15-23(28-32-21)19-10-7-11-20(26)14-19/h2-14,21H,15-17H2,1H3,(H,27,30)/t21-/m1/s1. The highest BCUT2D eigenvalue weighted by Gasteiger charge is 2.27. The highest BCUT2D eigenvalue weighted by molar-refractivity contribution is 6.01. The van der Waals surface area contributed by atoms with Gasteiger partial charge in [0.2, 0.25) is 0 Å². The van der Waals surface area contributed by atoms with E-state index in [1.807, 2.05) is 42.5 Å². The van der Waals surface area contributed by atoms with Gasteiger partial charge in [-0.05, 0) is 29.8 Å². The summed E-state index contributed by atoms with van der Waals surface area (Å²) in [5.41, 5.74) is 2.92. The van der Waals surface area contributed by atoms with Crippen LogP contribution in [0.2, 0.25) is 0 Å². The third kappa shape index (κ3) is 5.24. The van der Waals surface area contributed by atoms with Crippen molar-refractivity contribution < 1.29 is 18.8 Å². The van der Waals surface area contributed by atoms with Crippen molar-refractivity contribution in [3.8, 4) is 5.75 Å². The van der Waals surface area contributed by atoms with Gasteiger partial charge in [-0.25, -0.2) is 9.18 Å². The molecule has 1 aliphatic heterocycles. The Kier molecular flexibility index (Phi) is 6.65. The van der Waals surface area contributed by atoms with Crippen LogP contribution in [0.15, 0.2) is 84.0 Å². The van der Waals surface area contributed by atoms with Crippen LogP contribution in [0.25, 0.3) is 0 Å². The maximum Gasteiger partial charge on any atom is 0.322 e. The Morgan fingerprint density at radius 3 is 2.69 bits per heavy atom. The first-order chi connectivity index (χ1) is 15.6. The van der Waals surface area contributed by atoms with Crippen LogP contribution in [0.3, 0.4) is 0 Å². The van der Waals surface area contributed by atoms with Gasteiger partial charge in [0.25, 0.3) is 0 Å². The topological polar surface area (TPSA) is 63.2 Å². The number of ether oxygens (including phenoxy) is 1. The van der Waals surface area contributed by atoms with Crippen LogP contribution in [0.1, 0.15) is 17.5 Å². The lowest BCUT2D eigenvalue weighted by Crippen LogP contribution is -2.40. The molecular weight excluding hydrogens is 409 g/mol. The molecule has 0 fully saturated rings. The van der Waals surface area contributed by atoms with E-state index in [-0.39, 0.29) is 18.0 Å². The summed E-state index contributed by atoms with van der Waals surface area (Å²) in [7, 11) is 1.56. The number of hydrogen-bond donors (Lipinski definition) is 1. The number of nitrogens with zero attached hydrogens (tertiary/aromatic N) is 2. The molecule has 4 rings (SSSR count). The average molecular weight is 433 g/mol. The van der Waals surface area contributed by atoms with E-state index in [0.717, 1.165) is 5.56 Å². The predicted octanol–water partition coefficient (Wildman–Crippen LogP) is 5.06. The molecule has 0 spiro atoms. The highest BCUT2D eigenvalue weighted by Crippen LogP contribution is 2.24. The van der Waals surface area contributed by atoms with Gasteiger partial charge in [0.05, 0.1) is 25.1 Å². The zero-order chi connectivity index (χ0) is 22.3. The van der Waals surface area contributed by atoms with Crippen molar-refractivity contribution in [3.63, 3.8) is 0 Å². The molecule has 7 heteroatoms. The number of oxime groups is 1. The number of halogens is 1. The maximum atomic E-state index is 13.6. The normalized spacial score (nSPS) is 14.9. The number of amides is 2. The molecule has 0 radical (unpaired) electrons. The van der Waals surface area contributed by atoms with Crippen LogP contribution in [-0.4, -0.2) is 36.4 Å². The van der Waals surface area contributed by atoms with Crippen molar-refractivity contribution in [3.05, 3.63) is 95.8 Å². The fourth-order valence-corrected chi connectivity index (χ4v) is 3.58. The van der Waals surface area contributed by atoms with Crippen molar-refractivity contribution in [2.75, 3.05) is 19.0 Å². The molecule has 1 aliphatic rings. The van der Waals surface area contributed by atoms with Crippen LogP contribution in [0.5, 0.6) is 5.75 Å². The fourth-order valence-electron chi connectivity index (χ4n) is 3.58. The number of rotatable bonds is 7. The number of carbonyl (C=O) groups is 1. The molecule has 0 unspecified atom stereocenters. The summed E-state index contributed by atoms with van der Waals surface area (Å²) < 4.78 is 18.9. The van der Waals surface area contributed by atoms with Gasteiger partial charge in [0.1, 0.15) is 11.6 Å². The second-order valence-corrected chi connectivity index (χ2v) is 7.48. The lowest BCUT2D eigenvalue weighted by atomic mass is 10.0. The molecule has 3 aromatic carbocycles. The van der Waals surface area contributed by atoms with E-state index in [1.165, 1.54) is 12.1 Å². The fraction of sp³-hybridized carbons (Fsp3) is 0.200. The van der Waals surface area contributed by atoms with Gasteiger partial charge in [-0.2, -0.15) is 0 Å². The molecular formula is C25H24FN3O3. The van der Waals surface area contributed by atoms with Crippen LogP contribution >= 0.6 is 0 Å². The van der Waals surface area contributed by atoms with E-state index >= 15 is 0 Å². The summed E-state index contributed by atoms with van der Waals surface area (Å²) >= 11 is 0. The lowest BCUT2D eigenvalue weighted by Gasteiger charge is -2.25. The van der Waals surface area contributed by atoms with Crippen molar-refractivity contribution >= 4 is 17.4 Å². The molecule has 1 heterocycles. The molecule has 32 heavy (non-hydrogen) atoms. The number of carbonyl (C=O) groups excluding carboxylic acids is 1. The molecule has 0 bridgehead atoms. The molecule has 6 nitrogen and oxygen atoms in total. The highest BCUT2D eigenvalue weighted by atomic mass is 19.1. The second-order valence-electron chi connectivity index (χ2n) is 7.48. The van der Waals surface area contributed by atoms with E-state index in [1.54, 1.807) is 36.3 Å². The molecule has 0 saturated carbocycles. The van der Waals surface area contributed by atoms with Crippen molar-refractivity contribution in [2.45, 2.75) is 19.1 Å². The Morgan fingerprint density at radius 1 is 1.12 bits per heavy atom. The summed E-state index contributed by atoms with van der Waals surface area (Å²) in [6.45, 7) is 0.717. The minimum Gasteiger partial charge on any atom is -0.495 e. The van der Waals surface area contributed by atoms with E-state index in [0.29, 0.717) is 42.2 Å². The van der Waals surface area contributed by atoms with Gasteiger partial charge < -0.3 is 19.8 Å². The van der Waals surface area contributed by atoms with Crippen LogP contribution in [-0.2, 0) is 11.4 Å². The number of nitrogens with one attached hydrogen (secondary N) is 1. The van der Waals surface area contributed by atoms with Gasteiger partial charge in [0, 0.05) is 18.5 Å². The smallest absolute Gasteiger partial charge is 0.322 e. The summed E-state index contributed by atoms with van der Waals surface area (Å²) in [6, 6.07) is 23.0. The minimum absolute atomic E-state index is 0.277. The van der Waals surface area contributed by atoms with Crippen molar-refractivity contribution in [2.24, 2.45) is 5.16 Å². The van der Waals surface area contributed by atoms with E-state index in [2.05, 4.69) is 10.5 Å². The SMILES string of the molecule is COc1ccccc1NC(=O)N(Cc1ccccc1)C[C@H]1CC(c2cccc(F)c2)=NO1. The molecule has 1 atom stereocenters. The van der Waals surface area contributed by atoms with Gasteiger partial charge in [-0.3, -0.25) is 0 Å². The van der Waals surface area contributed by atoms with Crippen LogP contribution in [0.4, 0.5) is 14.9 Å². The number of methoxy groups -OCH3 is 1. The summed E-state index contributed by atoms with van der Waals surface area (Å²) in [4.78, 5) is 20.5. The summed E-state index contributed by atoms with van der Waals surface area (Å²) in [5.74, 6) is 0.255. The molecule has 164 valence electrons. The number of para-hydroxylation sites is 2. The van der Waals surface area contributed by atoms with E-state index < -0.39 is 0 Å². The molecule has 3 aromatic rings. The number of benzene rings is 3. The monoisotopic (exact) mass is 433 g/mol. The first-order valence-corrected chi connectivity index (χ1v) is 10.3. The largest absolute Gasteiger partial charge is 0.495 e. The Morgan fingerprint density at radius 2 is 1.91 bits per heavy atom. The molecule has 2 amide bonds. The Balaban J connectivity index is 1.48. The van der Waals surface area contributed by atoms with Gasteiger partial charge in [-0.1, -0.05) is 59.8 Å². The second kappa shape index (κ2) is 9.96. The van der Waals surface area contributed by atoms with E-state index in [9.17, 15) is 9.18 Å². The molecule has 1 N–H and O–H groups in total. The third-order valence-electron chi connectivity index (χ3n) is 5.17. The quantitative estimate of drug-likeness (QED) is 0.566. The maximum absolute atomic E-state index is 13.6. The molecule has 0 saturated heterocycles. The van der Waals surface area contributed by atoms with Crippen LogP contribution in [0, 0.1) is 5.82 Å². The number of urea groups is 1. The zero-order valence-corrected chi connectivity index (χ0v) is 17.7. The first-order valence-electron chi connectivity index (χ1n) is 10.3. The van der Waals surface area contributed by atoms with Gasteiger partial charge in [-0.15, -0.1) is 0 Å². The van der Waals surface area contributed by atoms with E-state index in [4.69, 9.17) is 9.57 Å². The molecule has 0 aliphatic carbocycles. The van der Waals surface area contributed by atoms with Crippen molar-refractivity contribution in [1.29, 1.82) is 0 Å². The Bertz CT molecular complexity index is 1100. The number of anilines is 1.